The van der Waals surface area contributed by atoms with E-state index in [1.807, 2.05) is 19.9 Å². The minimum atomic E-state index is -0.251. The lowest BCUT2D eigenvalue weighted by Crippen LogP contribution is -2.30. The fourth-order valence-corrected chi connectivity index (χ4v) is 1.31. The zero-order valence-corrected chi connectivity index (χ0v) is 10.0. The first-order valence-electron chi connectivity index (χ1n) is 5.49. The summed E-state index contributed by atoms with van der Waals surface area (Å²) >= 11 is 0. The number of nitrogens with one attached hydrogen (secondary N) is 2. The van der Waals surface area contributed by atoms with Crippen LogP contribution in [-0.2, 0) is 0 Å². The second-order valence-corrected chi connectivity index (χ2v) is 3.71. The number of aromatic nitrogens is 2. The Balaban J connectivity index is 2.49. The van der Waals surface area contributed by atoms with Gasteiger partial charge in [0.25, 0.3) is 0 Å². The zero-order chi connectivity index (χ0) is 12.0. The summed E-state index contributed by atoms with van der Waals surface area (Å²) in [5.41, 5.74) is 1.69. The summed E-state index contributed by atoms with van der Waals surface area (Å²) in [7, 11) is 0. The van der Waals surface area contributed by atoms with Gasteiger partial charge in [-0.2, -0.15) is 0 Å². The number of amides is 2. The molecular formula is C11H18N4O. The molecule has 0 aliphatic carbocycles. The van der Waals surface area contributed by atoms with Crippen LogP contribution in [0.1, 0.15) is 31.2 Å². The van der Waals surface area contributed by atoms with Crippen LogP contribution >= 0.6 is 0 Å². The van der Waals surface area contributed by atoms with E-state index in [9.17, 15) is 4.79 Å². The highest BCUT2D eigenvalue weighted by Gasteiger charge is 2.04. The van der Waals surface area contributed by atoms with Gasteiger partial charge in [-0.25, -0.2) is 14.8 Å². The van der Waals surface area contributed by atoms with Crippen LogP contribution in [0.5, 0.6) is 0 Å². The van der Waals surface area contributed by atoms with Crippen molar-refractivity contribution in [3.8, 4) is 0 Å². The van der Waals surface area contributed by atoms with Crippen molar-refractivity contribution in [3.63, 3.8) is 0 Å². The zero-order valence-electron chi connectivity index (χ0n) is 10.0. The molecule has 1 aromatic rings. The van der Waals surface area contributed by atoms with Gasteiger partial charge in [0.05, 0.1) is 0 Å². The van der Waals surface area contributed by atoms with Crippen LogP contribution in [0.25, 0.3) is 0 Å². The van der Waals surface area contributed by atoms with E-state index in [1.54, 1.807) is 0 Å². The molecule has 88 valence electrons. The number of carbonyl (C=O) groups excluding carboxylic acids is 1. The number of nitrogens with zero attached hydrogens (tertiary/aromatic N) is 2. The predicted molar refractivity (Wildman–Crippen MR) is 63.4 cm³/mol. The third-order valence-electron chi connectivity index (χ3n) is 2.02. The lowest BCUT2D eigenvalue weighted by molar-refractivity contribution is 0.252. The van der Waals surface area contributed by atoms with Gasteiger partial charge >= 0.3 is 6.03 Å². The molecule has 2 N–H and O–H groups in total. The Kier molecular flexibility index (Phi) is 4.69. The number of rotatable bonds is 4. The van der Waals surface area contributed by atoms with Crippen LogP contribution in [-0.4, -0.2) is 22.5 Å². The Morgan fingerprint density at radius 3 is 2.50 bits per heavy atom. The number of hydrogen-bond acceptors (Lipinski definition) is 3. The Bertz CT molecular complexity index is 345. The van der Waals surface area contributed by atoms with E-state index in [0.29, 0.717) is 12.5 Å². The van der Waals surface area contributed by atoms with E-state index in [4.69, 9.17) is 0 Å². The summed E-state index contributed by atoms with van der Waals surface area (Å²) in [5, 5.41) is 5.35. The summed E-state index contributed by atoms with van der Waals surface area (Å²) in [6, 6.07) is 1.61. The molecule has 0 bridgehead atoms. The molecule has 0 aliphatic rings. The third-order valence-corrected chi connectivity index (χ3v) is 2.02. The number of urea groups is 1. The summed E-state index contributed by atoms with van der Waals surface area (Å²) in [6.45, 7) is 6.49. The Labute approximate surface area is 95.7 Å². The first kappa shape index (κ1) is 12.4. The highest BCUT2D eigenvalue weighted by atomic mass is 16.2. The molecule has 0 atom stereocenters. The normalized spacial score (nSPS) is 9.94. The maximum absolute atomic E-state index is 11.4. The number of carbonyl (C=O) groups is 1. The van der Waals surface area contributed by atoms with Gasteiger partial charge in [0.1, 0.15) is 0 Å². The second kappa shape index (κ2) is 6.05. The van der Waals surface area contributed by atoms with Gasteiger partial charge in [-0.1, -0.05) is 13.3 Å². The molecule has 0 fully saturated rings. The molecular weight excluding hydrogens is 204 g/mol. The van der Waals surface area contributed by atoms with Crippen molar-refractivity contribution in [2.45, 2.75) is 33.6 Å². The molecule has 0 spiro atoms. The van der Waals surface area contributed by atoms with Gasteiger partial charge in [-0.05, 0) is 26.3 Å². The van der Waals surface area contributed by atoms with E-state index in [2.05, 4.69) is 27.5 Å². The van der Waals surface area contributed by atoms with Gasteiger partial charge in [0, 0.05) is 17.9 Å². The Morgan fingerprint density at radius 2 is 1.94 bits per heavy atom. The SMILES string of the molecule is CCCCNC(=O)Nc1nc(C)cc(C)n1. The lowest BCUT2D eigenvalue weighted by Gasteiger charge is -2.06. The quantitative estimate of drug-likeness (QED) is 0.766. The molecule has 5 heteroatoms. The molecule has 0 unspecified atom stereocenters. The van der Waals surface area contributed by atoms with E-state index in [1.165, 1.54) is 0 Å². The molecule has 16 heavy (non-hydrogen) atoms. The molecule has 0 aliphatic heterocycles. The number of unbranched alkanes of at least 4 members (excludes halogenated alkanes) is 1. The van der Waals surface area contributed by atoms with Crippen molar-refractivity contribution >= 4 is 12.0 Å². The lowest BCUT2D eigenvalue weighted by atomic mass is 10.3. The smallest absolute Gasteiger partial charge is 0.321 e. The van der Waals surface area contributed by atoms with Crippen molar-refractivity contribution in [1.82, 2.24) is 15.3 Å². The molecule has 1 heterocycles. The van der Waals surface area contributed by atoms with Gasteiger partial charge in [0.15, 0.2) is 0 Å². The average molecular weight is 222 g/mol. The fraction of sp³-hybridized carbons (Fsp3) is 0.545. The maximum Gasteiger partial charge on any atom is 0.321 e. The average Bonchev–Trinajstić information content (AvgIpc) is 2.16. The molecule has 5 nitrogen and oxygen atoms in total. The molecule has 0 radical (unpaired) electrons. The van der Waals surface area contributed by atoms with Crippen molar-refractivity contribution in [2.24, 2.45) is 0 Å². The summed E-state index contributed by atoms with van der Waals surface area (Å²) in [5.74, 6) is 0.353. The van der Waals surface area contributed by atoms with Gasteiger partial charge in [-0.3, -0.25) is 5.32 Å². The van der Waals surface area contributed by atoms with Crippen LogP contribution in [0.15, 0.2) is 6.07 Å². The van der Waals surface area contributed by atoms with E-state index in [-0.39, 0.29) is 6.03 Å². The fourth-order valence-electron chi connectivity index (χ4n) is 1.31. The minimum Gasteiger partial charge on any atom is -0.338 e. The van der Waals surface area contributed by atoms with E-state index >= 15 is 0 Å². The maximum atomic E-state index is 11.4. The minimum absolute atomic E-state index is 0.251. The summed E-state index contributed by atoms with van der Waals surface area (Å²) in [6.07, 6.45) is 2.03. The van der Waals surface area contributed by atoms with E-state index < -0.39 is 0 Å². The Morgan fingerprint density at radius 1 is 1.31 bits per heavy atom. The number of hydrogen-bond donors (Lipinski definition) is 2. The van der Waals surface area contributed by atoms with Crippen molar-refractivity contribution in [3.05, 3.63) is 17.5 Å². The van der Waals surface area contributed by atoms with Crippen LogP contribution in [0.2, 0.25) is 0 Å². The first-order valence-corrected chi connectivity index (χ1v) is 5.49. The summed E-state index contributed by atoms with van der Waals surface area (Å²) < 4.78 is 0. The third kappa shape index (κ3) is 4.25. The molecule has 2 amide bonds. The highest BCUT2D eigenvalue weighted by Crippen LogP contribution is 2.03. The highest BCUT2D eigenvalue weighted by molar-refractivity contribution is 5.87. The second-order valence-electron chi connectivity index (χ2n) is 3.71. The molecule has 0 aromatic carbocycles. The summed E-state index contributed by atoms with van der Waals surface area (Å²) in [4.78, 5) is 19.6. The van der Waals surface area contributed by atoms with Crippen molar-refractivity contribution in [2.75, 3.05) is 11.9 Å². The standard InChI is InChI=1S/C11H18N4O/c1-4-5-6-12-11(16)15-10-13-8(2)7-9(3)14-10/h7H,4-6H2,1-3H3,(H2,12,13,14,15,16). The predicted octanol–water partition coefficient (Wildman–Crippen LogP) is 2.02. The van der Waals surface area contributed by atoms with Crippen LogP contribution < -0.4 is 10.6 Å². The molecule has 0 saturated heterocycles. The largest absolute Gasteiger partial charge is 0.338 e. The van der Waals surface area contributed by atoms with Gasteiger partial charge < -0.3 is 5.32 Å². The van der Waals surface area contributed by atoms with Gasteiger partial charge in [-0.15, -0.1) is 0 Å². The molecule has 1 aromatic heterocycles. The van der Waals surface area contributed by atoms with E-state index in [0.717, 1.165) is 24.2 Å². The van der Waals surface area contributed by atoms with Crippen molar-refractivity contribution in [1.29, 1.82) is 0 Å². The van der Waals surface area contributed by atoms with Crippen LogP contribution in [0, 0.1) is 13.8 Å². The topological polar surface area (TPSA) is 66.9 Å². The monoisotopic (exact) mass is 222 g/mol. The van der Waals surface area contributed by atoms with Crippen LogP contribution in [0.4, 0.5) is 10.7 Å². The van der Waals surface area contributed by atoms with Crippen molar-refractivity contribution < 1.29 is 4.79 Å². The van der Waals surface area contributed by atoms with Gasteiger partial charge in [0.2, 0.25) is 5.95 Å². The first-order chi connectivity index (χ1) is 7.61. The Hall–Kier alpha value is -1.65. The number of aryl methyl sites for hydroxylation is 2. The van der Waals surface area contributed by atoms with Crippen LogP contribution in [0.3, 0.4) is 0 Å². The number of anilines is 1. The molecule has 0 saturated carbocycles. The molecule has 1 rings (SSSR count).